The zero-order chi connectivity index (χ0) is 18.1. The van der Waals surface area contributed by atoms with Gasteiger partial charge in [-0.25, -0.2) is 9.97 Å². The highest BCUT2D eigenvalue weighted by atomic mass is 32.2. The number of fused-ring (bicyclic) bond motifs is 1. The molecule has 0 fully saturated rings. The number of nitrogens with one attached hydrogen (secondary N) is 1. The van der Waals surface area contributed by atoms with Crippen LogP contribution in [0.25, 0.3) is 11.5 Å². The number of aromatic amines is 1. The second-order valence-electron chi connectivity index (χ2n) is 6.35. The van der Waals surface area contributed by atoms with E-state index in [-0.39, 0.29) is 5.56 Å². The Labute approximate surface area is 155 Å². The van der Waals surface area contributed by atoms with Crippen LogP contribution < -0.4 is 5.56 Å². The van der Waals surface area contributed by atoms with Gasteiger partial charge >= 0.3 is 0 Å². The van der Waals surface area contributed by atoms with Gasteiger partial charge in [0.05, 0.1) is 17.0 Å². The molecule has 0 unspecified atom stereocenters. The number of aryl methyl sites for hydroxylation is 1. The number of rotatable bonds is 4. The van der Waals surface area contributed by atoms with Gasteiger partial charge in [0.15, 0.2) is 5.16 Å². The van der Waals surface area contributed by atoms with Crippen molar-refractivity contribution in [2.75, 3.05) is 12.8 Å². The maximum Gasteiger partial charge on any atom is 0.256 e. The third-order valence-electron chi connectivity index (χ3n) is 4.61. The van der Waals surface area contributed by atoms with Crippen molar-refractivity contribution in [3.63, 3.8) is 0 Å². The lowest BCUT2D eigenvalue weighted by Gasteiger charge is -2.26. The summed E-state index contributed by atoms with van der Waals surface area (Å²) in [5.74, 6) is 1.46. The molecule has 6 nitrogen and oxygen atoms in total. The minimum atomic E-state index is -0.0362. The van der Waals surface area contributed by atoms with Crippen molar-refractivity contribution in [3.05, 3.63) is 63.4 Å². The molecule has 0 saturated heterocycles. The molecule has 4 rings (SSSR count). The van der Waals surface area contributed by atoms with E-state index < -0.39 is 0 Å². The third kappa shape index (κ3) is 3.32. The van der Waals surface area contributed by atoms with Crippen molar-refractivity contribution in [2.24, 2.45) is 0 Å². The van der Waals surface area contributed by atoms with Crippen LogP contribution in [0.5, 0.6) is 0 Å². The molecule has 0 radical (unpaired) electrons. The normalized spacial score (nSPS) is 14.4. The van der Waals surface area contributed by atoms with Gasteiger partial charge in [-0.1, -0.05) is 30.0 Å². The summed E-state index contributed by atoms with van der Waals surface area (Å²) in [6.07, 6.45) is 2.69. The minimum Gasteiger partial charge on any atom is -0.441 e. The van der Waals surface area contributed by atoms with E-state index in [1.807, 2.05) is 43.5 Å². The molecule has 134 valence electrons. The molecule has 0 atom stereocenters. The molecular formula is C19H20N4O2S. The number of H-pyrrole nitrogens is 1. The molecule has 3 aromatic rings. The van der Waals surface area contributed by atoms with Crippen LogP contribution in [0, 0.1) is 6.92 Å². The van der Waals surface area contributed by atoms with Gasteiger partial charge in [-0.3, -0.25) is 9.69 Å². The van der Waals surface area contributed by atoms with E-state index in [0.29, 0.717) is 24.1 Å². The first kappa shape index (κ1) is 17.1. The fourth-order valence-electron chi connectivity index (χ4n) is 3.18. The van der Waals surface area contributed by atoms with Gasteiger partial charge < -0.3 is 9.40 Å². The second-order valence-corrected chi connectivity index (χ2v) is 7.14. The molecule has 0 aliphatic carbocycles. The smallest absolute Gasteiger partial charge is 0.256 e. The first-order valence-electron chi connectivity index (χ1n) is 8.54. The maximum atomic E-state index is 12.3. The summed E-state index contributed by atoms with van der Waals surface area (Å²) in [7, 11) is 0. The highest BCUT2D eigenvalue weighted by molar-refractivity contribution is 7.98. The second kappa shape index (κ2) is 7.09. The van der Waals surface area contributed by atoms with E-state index >= 15 is 0 Å². The molecule has 0 spiro atoms. The molecule has 1 aliphatic rings. The average molecular weight is 368 g/mol. The fourth-order valence-corrected chi connectivity index (χ4v) is 3.58. The van der Waals surface area contributed by atoms with Crippen molar-refractivity contribution >= 4 is 11.8 Å². The molecule has 0 amide bonds. The summed E-state index contributed by atoms with van der Waals surface area (Å²) in [5, 5.41) is 0.682. The Bertz CT molecular complexity index is 981. The number of aromatic nitrogens is 3. The fraction of sp³-hybridized carbons (Fsp3) is 0.316. The predicted molar refractivity (Wildman–Crippen MR) is 101 cm³/mol. The van der Waals surface area contributed by atoms with E-state index in [2.05, 4.69) is 19.9 Å². The Hall–Kier alpha value is -2.38. The van der Waals surface area contributed by atoms with Gasteiger partial charge in [0.25, 0.3) is 5.56 Å². The minimum absolute atomic E-state index is 0.0362. The number of hydrogen-bond donors (Lipinski definition) is 1. The SMILES string of the molecule is CSc1nc2c(c(=O)[nH]1)CN(Cc1nc(-c3ccccc3)oc1C)CC2. The maximum absolute atomic E-state index is 12.3. The van der Waals surface area contributed by atoms with Gasteiger partial charge in [-0.05, 0) is 25.3 Å². The summed E-state index contributed by atoms with van der Waals surface area (Å²) in [4.78, 5) is 26.6. The monoisotopic (exact) mass is 368 g/mol. The summed E-state index contributed by atoms with van der Waals surface area (Å²) in [6.45, 7) is 4.03. The Kier molecular flexibility index (Phi) is 4.65. The molecule has 26 heavy (non-hydrogen) atoms. The highest BCUT2D eigenvalue weighted by Gasteiger charge is 2.23. The largest absolute Gasteiger partial charge is 0.441 e. The molecular weight excluding hydrogens is 348 g/mol. The van der Waals surface area contributed by atoms with E-state index in [4.69, 9.17) is 4.42 Å². The Morgan fingerprint density at radius 3 is 2.85 bits per heavy atom. The van der Waals surface area contributed by atoms with Gasteiger partial charge in [-0.15, -0.1) is 0 Å². The summed E-state index contributed by atoms with van der Waals surface area (Å²) >= 11 is 1.46. The van der Waals surface area contributed by atoms with Crippen LogP contribution in [-0.2, 0) is 19.5 Å². The van der Waals surface area contributed by atoms with Crippen LogP contribution in [0.4, 0.5) is 0 Å². The van der Waals surface area contributed by atoms with E-state index in [9.17, 15) is 4.79 Å². The van der Waals surface area contributed by atoms with Gasteiger partial charge in [-0.2, -0.15) is 0 Å². The van der Waals surface area contributed by atoms with Crippen LogP contribution in [-0.4, -0.2) is 32.7 Å². The van der Waals surface area contributed by atoms with Crippen LogP contribution >= 0.6 is 11.8 Å². The van der Waals surface area contributed by atoms with Crippen LogP contribution in [0.15, 0.2) is 44.7 Å². The van der Waals surface area contributed by atoms with Crippen LogP contribution in [0.1, 0.15) is 22.7 Å². The standard InChI is InChI=1S/C19H20N4O2S/c1-12-16(20-18(25-12)13-6-4-3-5-7-13)11-23-9-8-15-14(10-23)17(24)22-19(21-15)26-2/h3-7H,8-11H2,1-2H3,(H,21,22,24). The third-order valence-corrected chi connectivity index (χ3v) is 5.19. The molecule has 7 heteroatoms. The summed E-state index contributed by atoms with van der Waals surface area (Å²) in [6, 6.07) is 9.89. The topological polar surface area (TPSA) is 75.0 Å². The highest BCUT2D eigenvalue weighted by Crippen LogP contribution is 2.24. The lowest BCUT2D eigenvalue weighted by Crippen LogP contribution is -2.35. The van der Waals surface area contributed by atoms with Crippen molar-refractivity contribution in [1.29, 1.82) is 0 Å². The Morgan fingerprint density at radius 2 is 2.08 bits per heavy atom. The summed E-state index contributed by atoms with van der Waals surface area (Å²) < 4.78 is 5.84. The first-order chi connectivity index (χ1) is 12.6. The number of thioether (sulfide) groups is 1. The lowest BCUT2D eigenvalue weighted by atomic mass is 10.1. The van der Waals surface area contributed by atoms with Crippen LogP contribution in [0.2, 0.25) is 0 Å². The predicted octanol–water partition coefficient (Wildman–Crippen LogP) is 3.01. The van der Waals surface area contributed by atoms with Gasteiger partial charge in [0, 0.05) is 31.6 Å². The Balaban J connectivity index is 1.54. The average Bonchev–Trinajstić information content (AvgIpc) is 3.03. The van der Waals surface area contributed by atoms with Crippen molar-refractivity contribution in [3.8, 4) is 11.5 Å². The molecule has 1 N–H and O–H groups in total. The zero-order valence-electron chi connectivity index (χ0n) is 14.8. The molecule has 2 aromatic heterocycles. The molecule has 1 aromatic carbocycles. The molecule has 0 saturated carbocycles. The van der Waals surface area contributed by atoms with Crippen LogP contribution in [0.3, 0.4) is 0 Å². The first-order valence-corrected chi connectivity index (χ1v) is 9.76. The van der Waals surface area contributed by atoms with E-state index in [1.54, 1.807) is 0 Å². The number of hydrogen-bond acceptors (Lipinski definition) is 6. The summed E-state index contributed by atoms with van der Waals surface area (Å²) in [5.41, 5.74) is 3.52. The van der Waals surface area contributed by atoms with Crippen molar-refractivity contribution in [2.45, 2.75) is 31.6 Å². The van der Waals surface area contributed by atoms with Gasteiger partial charge in [0.1, 0.15) is 5.76 Å². The van der Waals surface area contributed by atoms with Crippen molar-refractivity contribution < 1.29 is 4.42 Å². The molecule has 1 aliphatic heterocycles. The lowest BCUT2D eigenvalue weighted by molar-refractivity contribution is 0.237. The van der Waals surface area contributed by atoms with Crippen molar-refractivity contribution in [1.82, 2.24) is 19.9 Å². The quantitative estimate of drug-likeness (QED) is 0.564. The molecule has 0 bridgehead atoms. The van der Waals surface area contributed by atoms with E-state index in [1.165, 1.54) is 11.8 Å². The Morgan fingerprint density at radius 1 is 1.27 bits per heavy atom. The van der Waals surface area contributed by atoms with Gasteiger partial charge in [0.2, 0.25) is 5.89 Å². The zero-order valence-corrected chi connectivity index (χ0v) is 15.6. The number of oxazole rings is 1. The number of nitrogens with zero attached hydrogens (tertiary/aromatic N) is 3. The van der Waals surface area contributed by atoms with E-state index in [0.717, 1.165) is 41.2 Å². The number of benzene rings is 1. The molecule has 3 heterocycles.